The molecule has 10 heteroatoms. The van der Waals surface area contributed by atoms with Gasteiger partial charge in [0.1, 0.15) is 12.7 Å². The van der Waals surface area contributed by atoms with Crippen LogP contribution >= 0.6 is 0 Å². The normalized spacial score (nSPS) is 20.5. The maximum atomic E-state index is 13.5. The fraction of sp³-hybridized carbons (Fsp3) is 0.189. The second kappa shape index (κ2) is 16.0. The molecule has 0 unspecified atom stereocenters. The number of hydrogen-bond acceptors (Lipinski definition) is 10. The fourth-order valence-electron chi connectivity index (χ4n) is 4.79. The van der Waals surface area contributed by atoms with Gasteiger partial charge in [-0.3, -0.25) is 0 Å². The van der Waals surface area contributed by atoms with E-state index in [-0.39, 0.29) is 22.3 Å². The summed E-state index contributed by atoms with van der Waals surface area (Å²) >= 11 is 0. The number of benzene rings is 4. The maximum absolute atomic E-state index is 13.5. The highest BCUT2D eigenvalue weighted by atomic mass is 16.7. The molecule has 5 rings (SSSR count). The molecule has 10 nitrogen and oxygen atoms in total. The van der Waals surface area contributed by atoms with E-state index >= 15 is 0 Å². The van der Waals surface area contributed by atoms with Gasteiger partial charge in [-0.05, 0) is 55.5 Å². The molecule has 0 amide bonds. The lowest BCUT2D eigenvalue weighted by atomic mass is 9.97. The van der Waals surface area contributed by atoms with Crippen LogP contribution in [0.3, 0.4) is 0 Å². The first-order valence-corrected chi connectivity index (χ1v) is 14.9. The van der Waals surface area contributed by atoms with Crippen molar-refractivity contribution in [2.45, 2.75) is 37.6 Å². The summed E-state index contributed by atoms with van der Waals surface area (Å²) in [4.78, 5) is 53.2. The van der Waals surface area contributed by atoms with E-state index in [1.807, 2.05) is 0 Å². The van der Waals surface area contributed by atoms with Crippen LogP contribution in [0.5, 0.6) is 0 Å². The molecule has 1 heterocycles. The highest BCUT2D eigenvalue weighted by Gasteiger charge is 2.54. The van der Waals surface area contributed by atoms with Crippen LogP contribution in [0.25, 0.3) is 0 Å². The van der Waals surface area contributed by atoms with Crippen LogP contribution in [0.2, 0.25) is 0 Å². The molecule has 4 aromatic carbocycles. The molecule has 0 aromatic heterocycles. The molecule has 47 heavy (non-hydrogen) atoms. The highest BCUT2D eigenvalue weighted by Crippen LogP contribution is 2.32. The number of carbonyl (C=O) groups excluding carboxylic acids is 4. The molecule has 0 spiro atoms. The zero-order chi connectivity index (χ0) is 33.0. The van der Waals surface area contributed by atoms with Gasteiger partial charge in [-0.25, -0.2) is 19.2 Å². The number of hydrogen-bond donors (Lipinski definition) is 0. The molecule has 0 aliphatic carbocycles. The third-order valence-corrected chi connectivity index (χ3v) is 7.09. The number of carbonyl (C=O) groups is 4. The fourth-order valence-corrected chi connectivity index (χ4v) is 4.79. The van der Waals surface area contributed by atoms with Crippen LogP contribution in [0.4, 0.5) is 0 Å². The Morgan fingerprint density at radius 2 is 0.936 bits per heavy atom. The van der Waals surface area contributed by atoms with Gasteiger partial charge in [-0.1, -0.05) is 78.9 Å². The van der Waals surface area contributed by atoms with Crippen molar-refractivity contribution in [1.82, 2.24) is 0 Å². The van der Waals surface area contributed by atoms with Crippen molar-refractivity contribution in [3.05, 3.63) is 156 Å². The third kappa shape index (κ3) is 8.50. The first-order valence-electron chi connectivity index (χ1n) is 14.9. The lowest BCUT2D eigenvalue weighted by Gasteiger charge is -2.43. The summed E-state index contributed by atoms with van der Waals surface area (Å²) in [5.74, 6) is -3.00. The van der Waals surface area contributed by atoms with Gasteiger partial charge in [0, 0.05) is 0 Å². The SMILES string of the molecule is C/C=C/O[C@@H]1O[C@H](COC(=O)c2ccccc2)[C@H](OC(=O)c2ccccc2)[C@H](OC(=O)c2ccccc2)[C@H]1OC(=O)c1ccccc1. The van der Waals surface area contributed by atoms with Crippen LogP contribution in [-0.4, -0.2) is 61.2 Å². The maximum Gasteiger partial charge on any atom is 0.338 e. The molecular formula is C37H32O10. The van der Waals surface area contributed by atoms with Crippen molar-refractivity contribution in [2.24, 2.45) is 0 Å². The molecule has 0 bridgehead atoms. The predicted molar refractivity (Wildman–Crippen MR) is 168 cm³/mol. The summed E-state index contributed by atoms with van der Waals surface area (Å²) in [6.45, 7) is 1.26. The Labute approximate surface area is 271 Å². The van der Waals surface area contributed by atoms with Crippen molar-refractivity contribution in [1.29, 1.82) is 0 Å². The molecule has 4 aromatic rings. The zero-order valence-corrected chi connectivity index (χ0v) is 25.4. The number of rotatable bonds is 11. The summed E-state index contributed by atoms with van der Waals surface area (Å²) in [6.07, 6.45) is -4.07. The van der Waals surface area contributed by atoms with Gasteiger partial charge in [0.15, 0.2) is 12.2 Å². The smallest absolute Gasteiger partial charge is 0.338 e. The van der Waals surface area contributed by atoms with E-state index in [0.29, 0.717) is 0 Å². The van der Waals surface area contributed by atoms with E-state index in [9.17, 15) is 19.2 Å². The molecule has 0 saturated carbocycles. The van der Waals surface area contributed by atoms with Crippen molar-refractivity contribution in [2.75, 3.05) is 6.61 Å². The molecule has 1 aliphatic rings. The number of esters is 4. The van der Waals surface area contributed by atoms with E-state index in [1.165, 1.54) is 6.26 Å². The Kier molecular flexibility index (Phi) is 11.1. The average molecular weight is 637 g/mol. The summed E-state index contributed by atoms with van der Waals surface area (Å²) in [6, 6.07) is 32.7. The minimum atomic E-state index is -1.48. The Balaban J connectivity index is 1.53. The number of allylic oxidation sites excluding steroid dienone is 1. The average Bonchev–Trinajstić information content (AvgIpc) is 3.13. The standard InChI is InChI=1S/C37H32O10/c1-2-23-42-37-32(47-36(41)28-21-13-6-14-22-28)31(46-35(40)27-19-11-5-12-20-27)30(45-34(39)26-17-9-4-10-18-26)29(44-37)24-43-33(38)25-15-7-3-8-16-25/h2-23,29-32,37H,24H2,1H3/b23-2+/t29-,30+,31+,32-,37-/m1/s1. The van der Waals surface area contributed by atoms with Crippen molar-refractivity contribution in [3.8, 4) is 0 Å². The Bertz CT molecular complexity index is 1660. The summed E-state index contributed by atoms with van der Waals surface area (Å²) in [7, 11) is 0. The van der Waals surface area contributed by atoms with Gasteiger partial charge in [0.25, 0.3) is 0 Å². The van der Waals surface area contributed by atoms with E-state index < -0.39 is 61.2 Å². The Morgan fingerprint density at radius 1 is 0.553 bits per heavy atom. The van der Waals surface area contributed by atoms with E-state index in [1.54, 1.807) is 134 Å². The minimum Gasteiger partial charge on any atom is -0.469 e. The Morgan fingerprint density at radius 3 is 1.36 bits per heavy atom. The van der Waals surface area contributed by atoms with Crippen LogP contribution in [-0.2, 0) is 28.4 Å². The van der Waals surface area contributed by atoms with Gasteiger partial charge in [0.2, 0.25) is 12.4 Å². The quantitative estimate of drug-likeness (QED) is 0.113. The van der Waals surface area contributed by atoms with Gasteiger partial charge in [-0.2, -0.15) is 0 Å². The van der Waals surface area contributed by atoms with E-state index in [4.69, 9.17) is 28.4 Å². The van der Waals surface area contributed by atoms with Crippen molar-refractivity contribution in [3.63, 3.8) is 0 Å². The number of ether oxygens (including phenoxy) is 6. The lowest BCUT2D eigenvalue weighted by molar-refractivity contribution is -0.285. The first-order chi connectivity index (χ1) is 22.9. The topological polar surface area (TPSA) is 124 Å². The largest absolute Gasteiger partial charge is 0.469 e. The molecule has 5 atom stereocenters. The molecular weight excluding hydrogens is 604 g/mol. The highest BCUT2D eigenvalue weighted by molar-refractivity contribution is 5.91. The summed E-state index contributed by atoms with van der Waals surface area (Å²) < 4.78 is 35.4. The van der Waals surface area contributed by atoms with E-state index in [2.05, 4.69) is 0 Å². The zero-order valence-electron chi connectivity index (χ0n) is 25.4. The van der Waals surface area contributed by atoms with Crippen LogP contribution < -0.4 is 0 Å². The van der Waals surface area contributed by atoms with Gasteiger partial charge >= 0.3 is 23.9 Å². The van der Waals surface area contributed by atoms with Crippen LogP contribution in [0, 0.1) is 0 Å². The lowest BCUT2D eigenvalue weighted by Crippen LogP contribution is -2.63. The summed E-state index contributed by atoms with van der Waals surface area (Å²) in [5, 5.41) is 0. The second-order valence-corrected chi connectivity index (χ2v) is 10.3. The van der Waals surface area contributed by atoms with Gasteiger partial charge in [0.05, 0.1) is 28.5 Å². The molecule has 1 saturated heterocycles. The predicted octanol–water partition coefficient (Wildman–Crippen LogP) is 5.80. The van der Waals surface area contributed by atoms with Gasteiger partial charge in [-0.15, -0.1) is 0 Å². The van der Waals surface area contributed by atoms with E-state index in [0.717, 1.165) is 0 Å². The van der Waals surface area contributed by atoms with Crippen LogP contribution in [0.1, 0.15) is 48.4 Å². The van der Waals surface area contributed by atoms with Crippen molar-refractivity contribution < 1.29 is 47.6 Å². The summed E-state index contributed by atoms with van der Waals surface area (Å²) in [5.41, 5.74) is 0.885. The minimum absolute atomic E-state index is 0.193. The van der Waals surface area contributed by atoms with Gasteiger partial charge < -0.3 is 28.4 Å². The third-order valence-electron chi connectivity index (χ3n) is 7.09. The molecule has 1 aliphatic heterocycles. The monoisotopic (exact) mass is 636 g/mol. The molecule has 0 N–H and O–H groups in total. The second-order valence-electron chi connectivity index (χ2n) is 10.3. The van der Waals surface area contributed by atoms with Crippen LogP contribution in [0.15, 0.2) is 134 Å². The molecule has 0 radical (unpaired) electrons. The molecule has 240 valence electrons. The first kappa shape index (κ1) is 32.6. The Hall–Kier alpha value is -5.74. The molecule has 1 fully saturated rings. The van der Waals surface area contributed by atoms with Crippen molar-refractivity contribution >= 4 is 23.9 Å².